The van der Waals surface area contributed by atoms with Crippen LogP contribution in [-0.4, -0.2) is 19.2 Å². The van der Waals surface area contributed by atoms with Gasteiger partial charge in [-0.25, -0.2) is 8.42 Å². The van der Waals surface area contributed by atoms with Gasteiger partial charge >= 0.3 is 5.76 Å². The van der Waals surface area contributed by atoms with Crippen LogP contribution in [0.2, 0.25) is 0 Å². The van der Waals surface area contributed by atoms with Crippen LogP contribution in [0.25, 0.3) is 0 Å². The van der Waals surface area contributed by atoms with Gasteiger partial charge in [0.15, 0.2) is 0 Å². The number of alkyl halides is 2. The summed E-state index contributed by atoms with van der Waals surface area (Å²) in [6, 6.07) is 8.91. The zero-order valence-electron chi connectivity index (χ0n) is 11.2. The Hall–Kier alpha value is -2.02. The summed E-state index contributed by atoms with van der Waals surface area (Å²) in [6.45, 7) is 1.79. The lowest BCUT2D eigenvalue weighted by molar-refractivity contribution is 0.235. The molecule has 0 aliphatic carbocycles. The van der Waals surface area contributed by atoms with Crippen molar-refractivity contribution in [2.75, 3.05) is 5.32 Å². The zero-order valence-corrected chi connectivity index (χ0v) is 12.0. The molecule has 7 heteroatoms. The van der Waals surface area contributed by atoms with E-state index in [-0.39, 0.29) is 11.7 Å². The Bertz CT molecular complexity index is 706. The van der Waals surface area contributed by atoms with Gasteiger partial charge in [0.05, 0.1) is 16.6 Å². The molecule has 4 nitrogen and oxygen atoms in total. The second-order valence-corrected chi connectivity index (χ2v) is 6.34. The molecular weight excluding hydrogens is 298 g/mol. The molecule has 0 radical (unpaired) electrons. The molecular formula is C14H14F2N2O2S. The second kappa shape index (κ2) is 6.17. The van der Waals surface area contributed by atoms with Crippen LogP contribution in [0.1, 0.15) is 18.5 Å². The summed E-state index contributed by atoms with van der Waals surface area (Å²) in [7, 11) is -4.65. The smallest absolute Gasteiger partial charge is 0.341 e. The number of anilines is 1. The number of sulfone groups is 1. The van der Waals surface area contributed by atoms with Crippen LogP contribution in [-0.2, 0) is 9.84 Å². The van der Waals surface area contributed by atoms with Crippen LogP contribution in [0, 0.1) is 0 Å². The number of pyridine rings is 1. The van der Waals surface area contributed by atoms with Gasteiger partial charge in [0.25, 0.3) is 0 Å². The predicted molar refractivity (Wildman–Crippen MR) is 75.9 cm³/mol. The fraction of sp³-hybridized carbons (Fsp3) is 0.214. The van der Waals surface area contributed by atoms with Crippen LogP contribution in [0.4, 0.5) is 14.5 Å². The minimum absolute atomic E-state index is 0.147. The van der Waals surface area contributed by atoms with Crippen molar-refractivity contribution < 1.29 is 17.2 Å². The highest BCUT2D eigenvalue weighted by Crippen LogP contribution is 2.28. The van der Waals surface area contributed by atoms with E-state index in [1.165, 1.54) is 18.2 Å². The Kier molecular flexibility index (Phi) is 4.52. The van der Waals surface area contributed by atoms with Gasteiger partial charge in [0.1, 0.15) is 0 Å². The minimum Gasteiger partial charge on any atom is -0.377 e. The zero-order chi connectivity index (χ0) is 15.5. The maximum Gasteiger partial charge on any atom is 0.341 e. The molecule has 1 heterocycles. The molecule has 0 fully saturated rings. The number of para-hydroxylation sites is 1. The summed E-state index contributed by atoms with van der Waals surface area (Å²) in [6.07, 6.45) is 3.24. The Morgan fingerprint density at radius 2 is 1.86 bits per heavy atom. The summed E-state index contributed by atoms with van der Waals surface area (Å²) in [5, 5.41) is 2.94. The van der Waals surface area contributed by atoms with Gasteiger partial charge in [0, 0.05) is 12.4 Å². The molecule has 2 rings (SSSR count). The van der Waals surface area contributed by atoms with Crippen molar-refractivity contribution in [1.82, 2.24) is 4.98 Å². The molecule has 0 spiro atoms. The lowest BCUT2D eigenvalue weighted by Crippen LogP contribution is -2.15. The van der Waals surface area contributed by atoms with E-state index >= 15 is 0 Å². The number of nitrogens with one attached hydrogen (secondary N) is 1. The molecule has 0 aliphatic heterocycles. The average molecular weight is 312 g/mol. The number of halogens is 2. The highest BCUT2D eigenvalue weighted by molar-refractivity contribution is 7.91. The van der Waals surface area contributed by atoms with Gasteiger partial charge in [-0.05, 0) is 30.7 Å². The number of hydrogen-bond acceptors (Lipinski definition) is 4. The van der Waals surface area contributed by atoms with E-state index < -0.39 is 20.5 Å². The molecule has 0 saturated carbocycles. The number of nitrogens with zero attached hydrogens (tertiary/aromatic N) is 1. The van der Waals surface area contributed by atoms with E-state index in [4.69, 9.17) is 0 Å². The Morgan fingerprint density at radius 3 is 2.48 bits per heavy atom. The largest absolute Gasteiger partial charge is 0.377 e. The number of hydrogen-bond donors (Lipinski definition) is 1. The maximum atomic E-state index is 12.7. The lowest BCUT2D eigenvalue weighted by Gasteiger charge is -2.18. The van der Waals surface area contributed by atoms with Crippen molar-refractivity contribution in [1.29, 1.82) is 0 Å². The minimum atomic E-state index is -4.65. The normalized spacial score (nSPS) is 13.1. The molecule has 2 aromatic rings. The monoisotopic (exact) mass is 312 g/mol. The molecule has 1 aromatic carbocycles. The predicted octanol–water partition coefficient (Wildman–Crippen LogP) is 3.25. The van der Waals surface area contributed by atoms with Crippen molar-refractivity contribution in [3.05, 3.63) is 54.4 Å². The van der Waals surface area contributed by atoms with E-state index in [0.717, 1.165) is 5.56 Å². The van der Waals surface area contributed by atoms with Crippen molar-refractivity contribution in [2.24, 2.45) is 0 Å². The number of aromatic nitrogens is 1. The molecule has 0 amide bonds. The Labute approximate surface area is 121 Å². The first-order valence-electron chi connectivity index (χ1n) is 6.20. The first kappa shape index (κ1) is 15.4. The summed E-state index contributed by atoms with van der Waals surface area (Å²) in [5.74, 6) is -3.45. The van der Waals surface area contributed by atoms with Crippen molar-refractivity contribution in [2.45, 2.75) is 23.6 Å². The summed E-state index contributed by atoms with van der Waals surface area (Å²) in [5.41, 5.74) is 0.968. The van der Waals surface area contributed by atoms with Crippen LogP contribution in [0.5, 0.6) is 0 Å². The molecule has 0 bridgehead atoms. The van der Waals surface area contributed by atoms with E-state index in [1.807, 2.05) is 6.07 Å². The van der Waals surface area contributed by atoms with Crippen LogP contribution >= 0.6 is 0 Å². The lowest BCUT2D eigenvalue weighted by atomic mass is 10.1. The highest BCUT2D eigenvalue weighted by Gasteiger charge is 2.29. The Morgan fingerprint density at radius 1 is 1.14 bits per heavy atom. The van der Waals surface area contributed by atoms with Gasteiger partial charge in [-0.2, -0.15) is 8.78 Å². The van der Waals surface area contributed by atoms with Gasteiger partial charge in [-0.15, -0.1) is 0 Å². The second-order valence-electron chi connectivity index (χ2n) is 4.45. The SMILES string of the molecule is CC(Nc1ccccc1S(=O)(=O)C(F)F)c1cccnc1. The van der Waals surface area contributed by atoms with Crippen molar-refractivity contribution in [3.8, 4) is 0 Å². The van der Waals surface area contributed by atoms with Gasteiger partial charge in [0.2, 0.25) is 9.84 Å². The molecule has 112 valence electrons. The van der Waals surface area contributed by atoms with Crippen molar-refractivity contribution >= 4 is 15.5 Å². The topological polar surface area (TPSA) is 59.1 Å². The fourth-order valence-corrected chi connectivity index (χ4v) is 2.77. The number of rotatable bonds is 5. The number of benzene rings is 1. The third-order valence-electron chi connectivity index (χ3n) is 2.98. The first-order valence-corrected chi connectivity index (χ1v) is 7.75. The third-order valence-corrected chi connectivity index (χ3v) is 4.42. The maximum absolute atomic E-state index is 12.7. The summed E-state index contributed by atoms with van der Waals surface area (Å²) >= 11 is 0. The quantitative estimate of drug-likeness (QED) is 0.920. The fourth-order valence-electron chi connectivity index (χ4n) is 1.88. The average Bonchev–Trinajstić information content (AvgIpc) is 2.48. The van der Waals surface area contributed by atoms with E-state index in [2.05, 4.69) is 10.3 Å². The van der Waals surface area contributed by atoms with Gasteiger partial charge < -0.3 is 5.32 Å². The van der Waals surface area contributed by atoms with Crippen LogP contribution in [0.3, 0.4) is 0 Å². The molecule has 21 heavy (non-hydrogen) atoms. The molecule has 1 atom stereocenters. The Balaban J connectivity index is 2.34. The van der Waals surface area contributed by atoms with Crippen molar-refractivity contribution in [3.63, 3.8) is 0 Å². The summed E-state index contributed by atoms with van der Waals surface area (Å²) in [4.78, 5) is 3.56. The van der Waals surface area contributed by atoms with E-state index in [1.54, 1.807) is 31.5 Å². The van der Waals surface area contributed by atoms with Gasteiger partial charge in [-0.3, -0.25) is 4.98 Å². The van der Waals surface area contributed by atoms with Crippen LogP contribution in [0.15, 0.2) is 53.7 Å². The third kappa shape index (κ3) is 3.36. The molecule has 1 aromatic heterocycles. The van der Waals surface area contributed by atoms with Crippen LogP contribution < -0.4 is 5.32 Å². The highest BCUT2D eigenvalue weighted by atomic mass is 32.2. The molecule has 1 unspecified atom stereocenters. The summed E-state index contributed by atoms with van der Waals surface area (Å²) < 4.78 is 48.8. The standard InChI is InChI=1S/C14H14F2N2O2S/c1-10(11-5-4-8-17-9-11)18-12-6-2-3-7-13(12)21(19,20)14(15)16/h2-10,14,18H,1H3. The van der Waals surface area contributed by atoms with Gasteiger partial charge in [-0.1, -0.05) is 18.2 Å². The molecule has 0 aliphatic rings. The first-order chi connectivity index (χ1) is 9.93. The van der Waals surface area contributed by atoms with E-state index in [0.29, 0.717) is 0 Å². The molecule has 0 saturated heterocycles. The molecule has 1 N–H and O–H groups in total. The van der Waals surface area contributed by atoms with E-state index in [9.17, 15) is 17.2 Å².